The molecule has 0 aromatic heterocycles. The molecule has 0 amide bonds. The van der Waals surface area contributed by atoms with E-state index in [2.05, 4.69) is 11.2 Å². The van der Waals surface area contributed by atoms with Crippen LogP contribution in [0.15, 0.2) is 0 Å². The van der Waals surface area contributed by atoms with Gasteiger partial charge in [0.25, 0.3) is 0 Å². The lowest BCUT2D eigenvalue weighted by Gasteiger charge is -1.65. The van der Waals surface area contributed by atoms with Crippen molar-refractivity contribution >= 4 is 26.1 Å². The van der Waals surface area contributed by atoms with E-state index in [1.165, 1.54) is 0 Å². The van der Waals surface area contributed by atoms with E-state index in [0.717, 1.165) is 9.91 Å². The number of rotatable bonds is 0. The molecule has 0 rings (SSSR count). The molecular formula is C2H4OS2. The van der Waals surface area contributed by atoms with Gasteiger partial charge in [-0.25, -0.2) is 0 Å². The van der Waals surface area contributed by atoms with Crippen LogP contribution in [0.3, 0.4) is 0 Å². The van der Waals surface area contributed by atoms with Crippen LogP contribution < -0.4 is 0 Å². The quantitative estimate of drug-likeness (QED) is 0.448. The van der Waals surface area contributed by atoms with Crippen LogP contribution in [0.1, 0.15) is 6.92 Å². The summed E-state index contributed by atoms with van der Waals surface area (Å²) in [6.45, 7) is 1.55. The van der Waals surface area contributed by atoms with Gasteiger partial charge in [-0.15, -0.1) is 0 Å². The third-order valence-corrected chi connectivity index (χ3v) is 1.09. The van der Waals surface area contributed by atoms with Gasteiger partial charge in [-0.2, -0.15) is 0 Å². The van der Waals surface area contributed by atoms with Crippen molar-refractivity contribution in [2.45, 2.75) is 6.92 Å². The summed E-state index contributed by atoms with van der Waals surface area (Å²) < 4.78 is 0. The van der Waals surface area contributed by atoms with Gasteiger partial charge in [0.15, 0.2) is 0 Å². The number of hydrogen-bond acceptors (Lipinski definition) is 1. The second-order valence-electron chi connectivity index (χ2n) is 0.602. The third kappa shape index (κ3) is 4.27. The number of hydrogen-bond donors (Lipinski definition) is 1. The van der Waals surface area contributed by atoms with Crippen molar-refractivity contribution < 1.29 is 5.11 Å². The molecule has 0 aromatic carbocycles. The van der Waals surface area contributed by atoms with Gasteiger partial charge in [-0.1, -0.05) is 0 Å². The molecule has 0 bridgehead atoms. The molecule has 0 unspecified atom stereocenters. The summed E-state index contributed by atoms with van der Waals surface area (Å²) in [6, 6.07) is 0. The van der Waals surface area contributed by atoms with Crippen molar-refractivity contribution in [2.75, 3.05) is 0 Å². The monoisotopic (exact) mass is 108 g/mol. The van der Waals surface area contributed by atoms with E-state index >= 15 is 0 Å². The average molecular weight is 108 g/mol. The van der Waals surface area contributed by atoms with E-state index in [9.17, 15) is 0 Å². The van der Waals surface area contributed by atoms with E-state index in [4.69, 9.17) is 5.11 Å². The Kier molecular flexibility index (Phi) is 2.64. The zero-order valence-corrected chi connectivity index (χ0v) is 4.40. The van der Waals surface area contributed by atoms with E-state index in [1.807, 2.05) is 0 Å². The first-order valence-corrected chi connectivity index (χ1v) is 2.84. The zero-order valence-electron chi connectivity index (χ0n) is 2.76. The lowest BCUT2D eigenvalue weighted by Crippen LogP contribution is -1.79. The molecule has 5 heavy (non-hydrogen) atoms. The SMILES string of the molecule is CC(O)=S=S. The molecule has 0 fully saturated rings. The lowest BCUT2D eigenvalue weighted by atomic mass is 10.9. The summed E-state index contributed by atoms with van der Waals surface area (Å²) in [5.74, 6) is 0. The molecule has 0 spiro atoms. The maximum Gasteiger partial charge on any atom is 0.109 e. The summed E-state index contributed by atoms with van der Waals surface area (Å²) >= 11 is 4.31. The van der Waals surface area contributed by atoms with Gasteiger partial charge in [0.1, 0.15) is 5.05 Å². The molecular weight excluding hydrogens is 104 g/mol. The maximum atomic E-state index is 8.14. The minimum absolute atomic E-state index is 0.236. The first-order valence-electron chi connectivity index (χ1n) is 1.09. The van der Waals surface area contributed by atoms with Crippen LogP contribution in [0.4, 0.5) is 0 Å². The van der Waals surface area contributed by atoms with Crippen molar-refractivity contribution in [1.29, 1.82) is 0 Å². The Morgan fingerprint density at radius 2 is 2.20 bits per heavy atom. The molecule has 0 aromatic rings. The van der Waals surface area contributed by atoms with Crippen molar-refractivity contribution in [2.24, 2.45) is 0 Å². The van der Waals surface area contributed by atoms with Crippen LogP contribution in [-0.2, 0) is 21.1 Å². The van der Waals surface area contributed by atoms with E-state index < -0.39 is 0 Å². The van der Waals surface area contributed by atoms with Gasteiger partial charge in [0.2, 0.25) is 0 Å². The Labute approximate surface area is 38.8 Å². The predicted octanol–water partition coefficient (Wildman–Crippen LogP) is 0.239. The first-order chi connectivity index (χ1) is 2.27. The second kappa shape index (κ2) is 2.50. The van der Waals surface area contributed by atoms with E-state index in [1.54, 1.807) is 6.92 Å². The van der Waals surface area contributed by atoms with Gasteiger partial charge in [0.05, 0.1) is 0 Å². The summed E-state index contributed by atoms with van der Waals surface area (Å²) in [4.78, 5) is 0. The Morgan fingerprint density at radius 1 is 2.00 bits per heavy atom. The van der Waals surface area contributed by atoms with Crippen LogP contribution in [0, 0.1) is 0 Å². The minimum Gasteiger partial charge on any atom is -0.355 e. The highest BCUT2D eigenvalue weighted by atomic mass is 32.8. The Hall–Kier alpha value is 0.270. The lowest BCUT2D eigenvalue weighted by molar-refractivity contribution is 0.565. The highest BCUT2D eigenvalue weighted by Gasteiger charge is 1.61. The predicted molar refractivity (Wildman–Crippen MR) is 28.0 cm³/mol. The van der Waals surface area contributed by atoms with Gasteiger partial charge >= 0.3 is 0 Å². The molecule has 3 heteroatoms. The summed E-state index contributed by atoms with van der Waals surface area (Å²) in [7, 11) is 0.935. The molecule has 0 aliphatic carbocycles. The standard InChI is InChI=1S/C2H4OS2/c1-2(3)5-4/h3H,1H3. The Balaban J connectivity index is 3.60. The fourth-order valence-electron chi connectivity index (χ4n) is 0. The number of aliphatic hydroxyl groups is 1. The Bertz CT molecular complexity index is 67.7. The highest BCUT2D eigenvalue weighted by Crippen LogP contribution is 1.48. The molecule has 0 aliphatic heterocycles. The zero-order chi connectivity index (χ0) is 4.28. The Morgan fingerprint density at radius 3 is 2.20 bits per heavy atom. The van der Waals surface area contributed by atoms with Crippen LogP contribution in [0.5, 0.6) is 0 Å². The number of aliphatic hydroxyl groups excluding tert-OH is 1. The maximum absolute atomic E-state index is 8.14. The van der Waals surface area contributed by atoms with E-state index in [0.29, 0.717) is 0 Å². The van der Waals surface area contributed by atoms with Crippen molar-refractivity contribution in [1.82, 2.24) is 0 Å². The second-order valence-corrected chi connectivity index (χ2v) is 1.86. The molecule has 1 N–H and O–H groups in total. The summed E-state index contributed by atoms with van der Waals surface area (Å²) in [5, 5.41) is 8.37. The fourth-order valence-corrected chi connectivity index (χ4v) is 0. The smallest absolute Gasteiger partial charge is 0.109 e. The first kappa shape index (κ1) is 5.27. The summed E-state index contributed by atoms with van der Waals surface area (Å²) in [6.07, 6.45) is 0. The van der Waals surface area contributed by atoms with Gasteiger partial charge < -0.3 is 5.11 Å². The van der Waals surface area contributed by atoms with Crippen LogP contribution >= 0.6 is 0 Å². The molecule has 0 atom stereocenters. The normalized spacial score (nSPS) is 6.80. The van der Waals surface area contributed by atoms with E-state index in [-0.39, 0.29) is 5.05 Å². The fraction of sp³-hybridized carbons (Fsp3) is 0.500. The topological polar surface area (TPSA) is 20.2 Å². The van der Waals surface area contributed by atoms with Gasteiger partial charge in [-0.05, 0) is 28.0 Å². The van der Waals surface area contributed by atoms with Crippen LogP contribution in [-0.4, -0.2) is 10.2 Å². The van der Waals surface area contributed by atoms with Crippen molar-refractivity contribution in [3.05, 3.63) is 0 Å². The van der Waals surface area contributed by atoms with Crippen LogP contribution in [0.25, 0.3) is 0 Å². The molecule has 30 valence electrons. The van der Waals surface area contributed by atoms with Crippen LogP contribution in [0.2, 0.25) is 0 Å². The van der Waals surface area contributed by atoms with Gasteiger partial charge in [-0.3, -0.25) is 0 Å². The molecule has 0 saturated heterocycles. The van der Waals surface area contributed by atoms with Gasteiger partial charge in [0, 0.05) is 0 Å². The molecule has 0 heterocycles. The highest BCUT2D eigenvalue weighted by molar-refractivity contribution is 8.17. The minimum atomic E-state index is 0.236. The molecule has 1 nitrogen and oxygen atoms in total. The van der Waals surface area contributed by atoms with Crippen molar-refractivity contribution in [3.8, 4) is 0 Å². The largest absolute Gasteiger partial charge is 0.355 e. The molecule has 0 radical (unpaired) electrons. The molecule has 0 saturated carbocycles. The average Bonchev–Trinajstić information content (AvgIpc) is 1.38. The summed E-state index contributed by atoms with van der Waals surface area (Å²) in [5.41, 5.74) is 0. The van der Waals surface area contributed by atoms with Crippen molar-refractivity contribution in [3.63, 3.8) is 0 Å². The molecule has 0 aliphatic rings. The third-order valence-electron chi connectivity index (χ3n) is 0.121.